The third-order valence-corrected chi connectivity index (χ3v) is 3.92. The number of hydrogen-bond donors (Lipinski definition) is 2. The molecule has 5 nitrogen and oxygen atoms in total. The van der Waals surface area contributed by atoms with Gasteiger partial charge in [0.1, 0.15) is 5.75 Å². The average Bonchev–Trinajstić information content (AvgIpc) is 2.92. The lowest BCUT2D eigenvalue weighted by molar-refractivity contribution is -0.124. The van der Waals surface area contributed by atoms with E-state index in [9.17, 15) is 9.59 Å². The van der Waals surface area contributed by atoms with E-state index in [0.717, 1.165) is 19.3 Å². The fourth-order valence-electron chi connectivity index (χ4n) is 2.71. The van der Waals surface area contributed by atoms with E-state index in [-0.39, 0.29) is 24.3 Å². The van der Waals surface area contributed by atoms with Gasteiger partial charge in [-0.15, -0.1) is 0 Å². The fraction of sp³-hybridized carbons (Fsp3) is 0.500. The van der Waals surface area contributed by atoms with Crippen LogP contribution in [0.15, 0.2) is 24.3 Å². The summed E-state index contributed by atoms with van der Waals surface area (Å²) in [6.07, 6.45) is 3.16. The number of ketones is 1. The summed E-state index contributed by atoms with van der Waals surface area (Å²) < 4.78 is 5.44. The fourth-order valence-corrected chi connectivity index (χ4v) is 2.71. The van der Waals surface area contributed by atoms with Gasteiger partial charge in [-0.05, 0) is 44.4 Å². The summed E-state index contributed by atoms with van der Waals surface area (Å²) in [6, 6.07) is 7.01. The van der Waals surface area contributed by atoms with Gasteiger partial charge in [-0.25, -0.2) is 0 Å². The van der Waals surface area contributed by atoms with E-state index in [2.05, 4.69) is 5.32 Å². The monoisotopic (exact) mass is 290 g/mol. The summed E-state index contributed by atoms with van der Waals surface area (Å²) >= 11 is 0. The van der Waals surface area contributed by atoms with Crippen LogP contribution in [0.25, 0.3) is 0 Å². The van der Waals surface area contributed by atoms with Crippen molar-refractivity contribution in [2.45, 2.75) is 32.2 Å². The Hall–Kier alpha value is -1.88. The maximum absolute atomic E-state index is 11.9. The highest BCUT2D eigenvalue weighted by molar-refractivity contribution is 5.94. The molecule has 1 fully saturated rings. The van der Waals surface area contributed by atoms with E-state index in [1.165, 1.54) is 6.92 Å². The van der Waals surface area contributed by atoms with Gasteiger partial charge in [0, 0.05) is 11.6 Å². The van der Waals surface area contributed by atoms with Gasteiger partial charge in [-0.1, -0.05) is 18.6 Å². The van der Waals surface area contributed by atoms with Crippen molar-refractivity contribution >= 4 is 11.7 Å². The molecule has 0 spiro atoms. The smallest absolute Gasteiger partial charge is 0.258 e. The molecule has 2 rings (SSSR count). The number of carbonyl (C=O) groups excluding carboxylic acids is 2. The van der Waals surface area contributed by atoms with Crippen molar-refractivity contribution in [1.82, 2.24) is 5.32 Å². The Labute approximate surface area is 124 Å². The van der Waals surface area contributed by atoms with Gasteiger partial charge < -0.3 is 15.8 Å². The average molecular weight is 290 g/mol. The van der Waals surface area contributed by atoms with Crippen LogP contribution in [0.2, 0.25) is 0 Å². The Morgan fingerprint density at radius 1 is 1.38 bits per heavy atom. The molecule has 3 N–H and O–H groups in total. The summed E-state index contributed by atoms with van der Waals surface area (Å²) in [5.41, 5.74) is 6.27. The highest BCUT2D eigenvalue weighted by Gasteiger charge is 2.27. The number of ether oxygens (including phenoxy) is 1. The van der Waals surface area contributed by atoms with Gasteiger partial charge in [0.05, 0.1) is 0 Å². The summed E-state index contributed by atoms with van der Waals surface area (Å²) in [4.78, 5) is 23.2. The first kappa shape index (κ1) is 15.5. The molecule has 0 saturated heterocycles. The van der Waals surface area contributed by atoms with Crippen molar-refractivity contribution < 1.29 is 14.3 Å². The Kier molecular flexibility index (Phi) is 5.33. The van der Waals surface area contributed by atoms with E-state index in [4.69, 9.17) is 10.5 Å². The van der Waals surface area contributed by atoms with Crippen LogP contribution in [0.1, 0.15) is 36.5 Å². The second kappa shape index (κ2) is 7.22. The van der Waals surface area contributed by atoms with Crippen LogP contribution in [0.4, 0.5) is 0 Å². The van der Waals surface area contributed by atoms with Gasteiger partial charge in [0.2, 0.25) is 0 Å². The largest absolute Gasteiger partial charge is 0.484 e. The maximum Gasteiger partial charge on any atom is 0.258 e. The van der Waals surface area contributed by atoms with Crippen LogP contribution < -0.4 is 15.8 Å². The molecule has 0 radical (unpaired) electrons. The quantitative estimate of drug-likeness (QED) is 0.778. The molecule has 114 valence electrons. The number of nitrogens with one attached hydrogen (secondary N) is 1. The van der Waals surface area contributed by atoms with Gasteiger partial charge in [-0.3, -0.25) is 9.59 Å². The molecule has 21 heavy (non-hydrogen) atoms. The van der Waals surface area contributed by atoms with Crippen molar-refractivity contribution in [1.29, 1.82) is 0 Å². The first-order valence-electron chi connectivity index (χ1n) is 7.33. The van der Waals surface area contributed by atoms with Crippen LogP contribution in [-0.4, -0.2) is 30.9 Å². The molecule has 1 saturated carbocycles. The first-order chi connectivity index (χ1) is 10.1. The Balaban J connectivity index is 1.84. The molecule has 1 aliphatic carbocycles. The predicted molar refractivity (Wildman–Crippen MR) is 80.3 cm³/mol. The van der Waals surface area contributed by atoms with Crippen molar-refractivity contribution in [3.05, 3.63) is 29.8 Å². The number of rotatable bonds is 6. The first-order valence-corrected chi connectivity index (χ1v) is 7.33. The Morgan fingerprint density at radius 2 is 2.19 bits per heavy atom. The van der Waals surface area contributed by atoms with Crippen LogP contribution in [0.5, 0.6) is 5.75 Å². The SMILES string of the molecule is CC(=O)c1cccc(OCC(=O)NC2CCCC2CN)c1. The van der Waals surface area contributed by atoms with Crippen LogP contribution in [-0.2, 0) is 4.79 Å². The topological polar surface area (TPSA) is 81.4 Å². The molecule has 1 aromatic carbocycles. The lowest BCUT2D eigenvalue weighted by Crippen LogP contribution is -2.42. The summed E-state index contributed by atoms with van der Waals surface area (Å²) in [7, 11) is 0. The summed E-state index contributed by atoms with van der Waals surface area (Å²) in [5, 5.41) is 2.98. The lowest BCUT2D eigenvalue weighted by atomic mass is 10.0. The second-order valence-electron chi connectivity index (χ2n) is 5.47. The second-order valence-corrected chi connectivity index (χ2v) is 5.47. The molecule has 2 atom stereocenters. The minimum Gasteiger partial charge on any atom is -0.484 e. The molecule has 0 bridgehead atoms. The standard InChI is InChI=1S/C16H22N2O3/c1-11(19)12-4-2-6-14(8-12)21-10-16(20)18-15-7-3-5-13(15)9-17/h2,4,6,8,13,15H,3,5,7,9-10,17H2,1H3,(H,18,20). The maximum atomic E-state index is 11.9. The van der Waals surface area contributed by atoms with E-state index in [0.29, 0.717) is 23.8 Å². The zero-order chi connectivity index (χ0) is 15.2. The van der Waals surface area contributed by atoms with E-state index >= 15 is 0 Å². The molecule has 2 unspecified atom stereocenters. The number of Topliss-reactive ketones (excluding diaryl/α,β-unsaturated/α-hetero) is 1. The van der Waals surface area contributed by atoms with Crippen molar-refractivity contribution in [2.24, 2.45) is 11.7 Å². The van der Waals surface area contributed by atoms with Crippen molar-refractivity contribution in [2.75, 3.05) is 13.2 Å². The molecule has 1 aromatic rings. The number of amides is 1. The minimum absolute atomic E-state index is 0.0263. The number of benzene rings is 1. The molecule has 0 aliphatic heterocycles. The summed E-state index contributed by atoms with van der Waals surface area (Å²) in [5.74, 6) is 0.727. The normalized spacial score (nSPS) is 21.0. The van der Waals surface area contributed by atoms with E-state index < -0.39 is 0 Å². The Morgan fingerprint density at radius 3 is 2.90 bits per heavy atom. The predicted octanol–water partition coefficient (Wildman–Crippen LogP) is 1.51. The highest BCUT2D eigenvalue weighted by Crippen LogP contribution is 2.24. The van der Waals surface area contributed by atoms with Gasteiger partial charge in [-0.2, -0.15) is 0 Å². The van der Waals surface area contributed by atoms with Crippen LogP contribution in [0.3, 0.4) is 0 Å². The molecule has 0 aromatic heterocycles. The molecule has 0 heterocycles. The van der Waals surface area contributed by atoms with E-state index in [1.54, 1.807) is 24.3 Å². The van der Waals surface area contributed by atoms with Crippen LogP contribution >= 0.6 is 0 Å². The molecular weight excluding hydrogens is 268 g/mol. The summed E-state index contributed by atoms with van der Waals surface area (Å²) in [6.45, 7) is 2.06. The Bertz CT molecular complexity index is 516. The molecule has 1 aliphatic rings. The zero-order valence-electron chi connectivity index (χ0n) is 12.3. The van der Waals surface area contributed by atoms with Crippen molar-refractivity contribution in [3.63, 3.8) is 0 Å². The number of hydrogen-bond acceptors (Lipinski definition) is 4. The van der Waals surface area contributed by atoms with Gasteiger partial charge in [0.25, 0.3) is 5.91 Å². The minimum atomic E-state index is -0.145. The van der Waals surface area contributed by atoms with Crippen LogP contribution in [0, 0.1) is 5.92 Å². The number of nitrogens with two attached hydrogens (primary N) is 1. The molecule has 5 heteroatoms. The number of carbonyl (C=O) groups is 2. The highest BCUT2D eigenvalue weighted by atomic mass is 16.5. The third kappa shape index (κ3) is 4.29. The van der Waals surface area contributed by atoms with Crippen molar-refractivity contribution in [3.8, 4) is 5.75 Å². The van der Waals surface area contributed by atoms with E-state index in [1.807, 2.05) is 0 Å². The zero-order valence-corrected chi connectivity index (χ0v) is 12.3. The van der Waals surface area contributed by atoms with Gasteiger partial charge in [0.15, 0.2) is 12.4 Å². The lowest BCUT2D eigenvalue weighted by Gasteiger charge is -2.19. The molecule has 1 amide bonds. The van der Waals surface area contributed by atoms with Gasteiger partial charge >= 0.3 is 0 Å². The molecular formula is C16H22N2O3. The third-order valence-electron chi connectivity index (χ3n) is 3.92.